The largest absolute Gasteiger partial charge is 0.480 e. The molecule has 0 saturated heterocycles. The van der Waals surface area contributed by atoms with Crippen LogP contribution in [0.3, 0.4) is 0 Å². The van der Waals surface area contributed by atoms with Gasteiger partial charge in [-0.15, -0.1) is 0 Å². The van der Waals surface area contributed by atoms with E-state index in [1.807, 2.05) is 0 Å². The van der Waals surface area contributed by atoms with Gasteiger partial charge in [-0.1, -0.05) is 47.8 Å². The van der Waals surface area contributed by atoms with Crippen molar-refractivity contribution in [3.8, 4) is 0 Å². The number of aliphatic imine (C=N–C) groups is 1. The summed E-state index contributed by atoms with van der Waals surface area (Å²) in [5.41, 5.74) is 1.34. The zero-order valence-electron chi connectivity index (χ0n) is 20.1. The lowest BCUT2D eigenvalue weighted by Gasteiger charge is -2.29. The van der Waals surface area contributed by atoms with Gasteiger partial charge in [-0.2, -0.15) is 0 Å². The molecule has 37 heavy (non-hydrogen) atoms. The molecule has 196 valence electrons. The summed E-state index contributed by atoms with van der Waals surface area (Å²) in [6.07, 6.45) is 3.58. The topological polar surface area (TPSA) is 132 Å². The minimum absolute atomic E-state index is 0.0304. The second kappa shape index (κ2) is 12.3. The summed E-state index contributed by atoms with van der Waals surface area (Å²) in [4.78, 5) is 41.7. The number of anilines is 1. The Labute approximate surface area is 225 Å². The fourth-order valence-electron chi connectivity index (χ4n) is 4.60. The molecule has 0 radical (unpaired) electrons. The molecular formula is C26H29Cl2N5O4. The van der Waals surface area contributed by atoms with Crippen LogP contribution in [0.2, 0.25) is 10.0 Å². The van der Waals surface area contributed by atoms with E-state index < -0.39 is 17.9 Å². The second-order valence-corrected chi connectivity index (χ2v) is 10.0. The SMILES string of the molecule is O=C(N[C@@H](Cc1ccc(NC(=O)[C@H]2CCC[C@H](NC3=NCCN3)C2)cc1)C(=O)O)c1c(Cl)cccc1Cl. The van der Waals surface area contributed by atoms with Crippen LogP contribution in [0.15, 0.2) is 47.5 Å². The average Bonchev–Trinajstić information content (AvgIpc) is 3.38. The van der Waals surface area contributed by atoms with E-state index in [0.29, 0.717) is 11.3 Å². The summed E-state index contributed by atoms with van der Waals surface area (Å²) in [5, 5.41) is 22.0. The molecule has 0 spiro atoms. The zero-order valence-corrected chi connectivity index (χ0v) is 21.6. The number of halogens is 2. The Morgan fingerprint density at radius 2 is 1.81 bits per heavy atom. The number of hydrogen-bond donors (Lipinski definition) is 5. The van der Waals surface area contributed by atoms with Gasteiger partial charge in [0.25, 0.3) is 5.91 Å². The van der Waals surface area contributed by atoms with Crippen LogP contribution in [0, 0.1) is 5.92 Å². The van der Waals surface area contributed by atoms with Crippen LogP contribution < -0.4 is 21.3 Å². The normalized spacial score (nSPS) is 19.8. The van der Waals surface area contributed by atoms with Crippen molar-refractivity contribution in [2.75, 3.05) is 18.4 Å². The van der Waals surface area contributed by atoms with Crippen LogP contribution in [0.4, 0.5) is 5.69 Å². The molecule has 2 aromatic carbocycles. The van der Waals surface area contributed by atoms with Gasteiger partial charge in [-0.25, -0.2) is 4.79 Å². The van der Waals surface area contributed by atoms with E-state index in [1.165, 1.54) is 12.1 Å². The Morgan fingerprint density at radius 1 is 1.08 bits per heavy atom. The fraction of sp³-hybridized carbons (Fsp3) is 0.385. The second-order valence-electron chi connectivity index (χ2n) is 9.21. The molecule has 1 heterocycles. The van der Waals surface area contributed by atoms with Crippen molar-refractivity contribution in [2.45, 2.75) is 44.2 Å². The molecule has 3 atom stereocenters. The smallest absolute Gasteiger partial charge is 0.326 e. The van der Waals surface area contributed by atoms with Gasteiger partial charge in [-0.3, -0.25) is 14.6 Å². The number of nitrogens with zero attached hydrogens (tertiary/aromatic N) is 1. The number of hydrogen-bond acceptors (Lipinski definition) is 6. The van der Waals surface area contributed by atoms with Crippen LogP contribution in [0.5, 0.6) is 0 Å². The third-order valence-corrected chi connectivity index (χ3v) is 7.14. The summed E-state index contributed by atoms with van der Waals surface area (Å²) in [6, 6.07) is 10.6. The lowest BCUT2D eigenvalue weighted by molar-refractivity contribution is -0.139. The van der Waals surface area contributed by atoms with Crippen molar-refractivity contribution in [3.05, 3.63) is 63.6 Å². The number of rotatable bonds is 8. The maximum Gasteiger partial charge on any atom is 0.326 e. The fourth-order valence-corrected chi connectivity index (χ4v) is 5.17. The van der Waals surface area contributed by atoms with Crippen LogP contribution in [0.1, 0.15) is 41.6 Å². The quantitative estimate of drug-likeness (QED) is 0.345. The molecule has 1 aliphatic carbocycles. The summed E-state index contributed by atoms with van der Waals surface area (Å²) >= 11 is 12.1. The van der Waals surface area contributed by atoms with Gasteiger partial charge in [0.2, 0.25) is 5.91 Å². The van der Waals surface area contributed by atoms with Gasteiger partial charge in [-0.05, 0) is 49.1 Å². The minimum atomic E-state index is -1.19. The van der Waals surface area contributed by atoms with E-state index in [0.717, 1.165) is 44.7 Å². The van der Waals surface area contributed by atoms with E-state index in [-0.39, 0.29) is 39.9 Å². The van der Waals surface area contributed by atoms with Gasteiger partial charge in [0.15, 0.2) is 5.96 Å². The van der Waals surface area contributed by atoms with Crippen molar-refractivity contribution >= 4 is 52.6 Å². The van der Waals surface area contributed by atoms with Crippen LogP contribution in [0.25, 0.3) is 0 Å². The van der Waals surface area contributed by atoms with E-state index in [2.05, 4.69) is 26.3 Å². The highest BCUT2D eigenvalue weighted by atomic mass is 35.5. The third-order valence-electron chi connectivity index (χ3n) is 6.51. The van der Waals surface area contributed by atoms with Crippen LogP contribution in [-0.4, -0.2) is 54.0 Å². The first kappa shape index (κ1) is 26.8. The monoisotopic (exact) mass is 545 g/mol. The minimum Gasteiger partial charge on any atom is -0.480 e. The van der Waals surface area contributed by atoms with Crippen molar-refractivity contribution in [1.82, 2.24) is 16.0 Å². The highest BCUT2D eigenvalue weighted by Gasteiger charge is 2.28. The number of aliphatic carboxylic acids is 1. The number of guanidine groups is 1. The molecule has 1 saturated carbocycles. The Kier molecular flexibility index (Phi) is 8.89. The van der Waals surface area contributed by atoms with E-state index in [1.54, 1.807) is 30.3 Å². The first-order valence-electron chi connectivity index (χ1n) is 12.2. The summed E-state index contributed by atoms with van der Waals surface area (Å²) < 4.78 is 0. The third kappa shape index (κ3) is 7.14. The molecule has 0 bridgehead atoms. The highest BCUT2D eigenvalue weighted by Crippen LogP contribution is 2.26. The number of carbonyl (C=O) groups excluding carboxylic acids is 2. The highest BCUT2D eigenvalue weighted by molar-refractivity contribution is 6.39. The molecule has 0 aromatic heterocycles. The van der Waals surface area contributed by atoms with E-state index in [4.69, 9.17) is 23.2 Å². The molecule has 5 N–H and O–H groups in total. The standard InChI is InChI=1S/C26H29Cl2N5O4/c27-19-5-2-6-20(28)22(19)24(35)33-21(25(36)37)13-15-7-9-17(10-8-15)31-23(34)16-3-1-4-18(14-16)32-26-29-11-12-30-26/h2,5-10,16,18,21H,1,3-4,11-14H2,(H,31,34)(H,33,35)(H,36,37)(H2,29,30,32)/t16-,18-,21-/m0/s1. The van der Waals surface area contributed by atoms with Crippen LogP contribution in [-0.2, 0) is 16.0 Å². The first-order chi connectivity index (χ1) is 17.8. The zero-order chi connectivity index (χ0) is 26.4. The molecule has 4 rings (SSSR count). The van der Waals surface area contributed by atoms with Gasteiger partial charge < -0.3 is 26.4 Å². The molecule has 2 amide bonds. The molecular weight excluding hydrogens is 517 g/mol. The predicted octanol–water partition coefficient (Wildman–Crippen LogP) is 3.47. The van der Waals surface area contributed by atoms with Gasteiger partial charge in [0.1, 0.15) is 6.04 Å². The van der Waals surface area contributed by atoms with Gasteiger partial charge in [0, 0.05) is 30.6 Å². The van der Waals surface area contributed by atoms with E-state index in [9.17, 15) is 19.5 Å². The lowest BCUT2D eigenvalue weighted by atomic mass is 9.85. The summed E-state index contributed by atoms with van der Waals surface area (Å²) in [6.45, 7) is 1.61. The number of carboxylic acids is 1. The van der Waals surface area contributed by atoms with Gasteiger partial charge in [0.05, 0.1) is 22.2 Å². The maximum absolute atomic E-state index is 12.9. The number of amides is 2. The molecule has 1 fully saturated rings. The Bertz CT molecular complexity index is 1170. The molecule has 2 aliphatic rings. The molecule has 2 aromatic rings. The number of benzene rings is 2. The molecule has 9 nitrogen and oxygen atoms in total. The Balaban J connectivity index is 1.32. The number of nitrogens with one attached hydrogen (secondary N) is 4. The molecule has 11 heteroatoms. The van der Waals surface area contributed by atoms with Gasteiger partial charge >= 0.3 is 5.97 Å². The van der Waals surface area contributed by atoms with Crippen molar-refractivity contribution in [3.63, 3.8) is 0 Å². The van der Waals surface area contributed by atoms with Crippen molar-refractivity contribution < 1.29 is 19.5 Å². The number of carboxylic acid groups (broad SMARTS) is 1. The Morgan fingerprint density at radius 3 is 2.46 bits per heavy atom. The maximum atomic E-state index is 12.9. The lowest BCUT2D eigenvalue weighted by Crippen LogP contribution is -2.44. The predicted molar refractivity (Wildman–Crippen MR) is 143 cm³/mol. The summed E-state index contributed by atoms with van der Waals surface area (Å²) in [7, 11) is 0. The molecule has 0 unspecified atom stereocenters. The van der Waals surface area contributed by atoms with Crippen LogP contribution >= 0.6 is 23.2 Å². The summed E-state index contributed by atoms with van der Waals surface area (Å²) in [5.74, 6) is -1.17. The Hall–Kier alpha value is -3.30. The number of carbonyl (C=O) groups is 3. The molecule has 1 aliphatic heterocycles. The van der Waals surface area contributed by atoms with E-state index >= 15 is 0 Å². The van der Waals surface area contributed by atoms with Crippen molar-refractivity contribution in [2.24, 2.45) is 10.9 Å². The first-order valence-corrected chi connectivity index (χ1v) is 13.0. The average molecular weight is 546 g/mol. The van der Waals surface area contributed by atoms with Crippen molar-refractivity contribution in [1.29, 1.82) is 0 Å².